The van der Waals surface area contributed by atoms with Crippen LogP contribution in [0.25, 0.3) is 0 Å². The number of amides is 1. The number of carbonyl (C=O) groups is 3. The molecule has 0 aliphatic heterocycles. The van der Waals surface area contributed by atoms with Crippen LogP contribution in [0.3, 0.4) is 0 Å². The first-order valence-corrected chi connectivity index (χ1v) is 9.46. The summed E-state index contributed by atoms with van der Waals surface area (Å²) in [5, 5.41) is 2.64. The van der Waals surface area contributed by atoms with Gasteiger partial charge in [-0.05, 0) is 39.8 Å². The lowest BCUT2D eigenvalue weighted by Crippen LogP contribution is -2.42. The van der Waals surface area contributed by atoms with E-state index >= 15 is 0 Å². The van der Waals surface area contributed by atoms with E-state index in [1.807, 2.05) is 0 Å². The third-order valence-corrected chi connectivity index (χ3v) is 4.51. The summed E-state index contributed by atoms with van der Waals surface area (Å²) in [6.45, 7) is 6.11. The van der Waals surface area contributed by atoms with Crippen molar-refractivity contribution in [2.24, 2.45) is 0 Å². The van der Waals surface area contributed by atoms with Crippen molar-refractivity contribution in [3.63, 3.8) is 0 Å². The highest BCUT2D eigenvalue weighted by Crippen LogP contribution is 2.12. The molecule has 1 aromatic rings. The molecule has 0 bridgehead atoms. The quantitative estimate of drug-likeness (QED) is 0.510. The minimum absolute atomic E-state index is 0.0666. The largest absolute Gasteiger partial charge is 0.456 e. The molecule has 1 rings (SSSR count). The number of rotatable bonds is 8. The summed E-state index contributed by atoms with van der Waals surface area (Å²) in [6.07, 6.45) is -0.228. The van der Waals surface area contributed by atoms with Crippen molar-refractivity contribution in [3.05, 3.63) is 29.8 Å². The van der Waals surface area contributed by atoms with Gasteiger partial charge in [-0.3, -0.25) is 14.4 Å². The molecule has 0 radical (unpaired) electrons. The zero-order valence-corrected chi connectivity index (χ0v) is 16.1. The summed E-state index contributed by atoms with van der Waals surface area (Å²) < 4.78 is 31.4. The molecule has 0 fully saturated rings. The molecule has 144 valence electrons. The first-order valence-electron chi connectivity index (χ1n) is 7.98. The smallest absolute Gasteiger partial charge is 0.307 e. The molecule has 1 aromatic carbocycles. The Morgan fingerprint density at radius 2 is 1.81 bits per heavy atom. The van der Waals surface area contributed by atoms with Gasteiger partial charge in [0, 0.05) is 17.6 Å². The van der Waals surface area contributed by atoms with Crippen LogP contribution in [0.1, 0.15) is 44.5 Å². The Kier molecular flexibility index (Phi) is 7.46. The van der Waals surface area contributed by atoms with Crippen molar-refractivity contribution in [3.8, 4) is 0 Å². The van der Waals surface area contributed by atoms with Crippen molar-refractivity contribution in [1.29, 1.82) is 0 Å². The van der Waals surface area contributed by atoms with E-state index in [0.29, 0.717) is 0 Å². The van der Waals surface area contributed by atoms with E-state index in [1.54, 1.807) is 20.8 Å². The van der Waals surface area contributed by atoms with E-state index in [0.717, 1.165) is 0 Å². The Hall–Kier alpha value is -2.26. The summed E-state index contributed by atoms with van der Waals surface area (Å²) in [4.78, 5) is 34.4. The minimum atomic E-state index is -3.86. The molecule has 0 saturated carbocycles. The van der Waals surface area contributed by atoms with Crippen LogP contribution in [0.15, 0.2) is 29.2 Å². The van der Waals surface area contributed by atoms with Crippen molar-refractivity contribution >= 4 is 27.7 Å². The molecule has 0 atom stereocenters. The molecule has 0 unspecified atom stereocenters. The minimum Gasteiger partial charge on any atom is -0.456 e. The van der Waals surface area contributed by atoms with Crippen molar-refractivity contribution in [1.82, 2.24) is 10.0 Å². The Labute approximate surface area is 153 Å². The molecule has 0 aliphatic rings. The third kappa shape index (κ3) is 7.75. The fourth-order valence-electron chi connectivity index (χ4n) is 1.93. The number of hydrogen-bond acceptors (Lipinski definition) is 6. The Morgan fingerprint density at radius 1 is 1.15 bits per heavy atom. The first kappa shape index (κ1) is 21.8. The average Bonchev–Trinajstić information content (AvgIpc) is 2.51. The molecular formula is C17H24N2O6S. The number of esters is 1. The summed E-state index contributed by atoms with van der Waals surface area (Å²) in [5.41, 5.74) is -0.162. The SMILES string of the molecule is CC(=O)c1cccc(S(=O)(=O)NCCC(=O)OCC(=O)NC(C)(C)C)c1. The van der Waals surface area contributed by atoms with E-state index in [2.05, 4.69) is 10.0 Å². The molecule has 0 saturated heterocycles. The number of ketones is 1. The van der Waals surface area contributed by atoms with Gasteiger partial charge in [0.05, 0.1) is 11.3 Å². The highest BCUT2D eigenvalue weighted by Gasteiger charge is 2.17. The summed E-state index contributed by atoms with van der Waals surface area (Å²) in [5.74, 6) is -1.39. The lowest BCUT2D eigenvalue weighted by Gasteiger charge is -2.20. The van der Waals surface area contributed by atoms with Gasteiger partial charge in [-0.1, -0.05) is 12.1 Å². The molecule has 1 amide bonds. The number of nitrogens with one attached hydrogen (secondary N) is 2. The van der Waals surface area contributed by atoms with Gasteiger partial charge in [-0.25, -0.2) is 13.1 Å². The topological polar surface area (TPSA) is 119 Å². The maximum Gasteiger partial charge on any atom is 0.307 e. The Bertz CT molecular complexity index is 781. The van der Waals surface area contributed by atoms with Crippen LogP contribution >= 0.6 is 0 Å². The predicted octanol–water partition coefficient (Wildman–Crippen LogP) is 1.02. The molecule has 0 heterocycles. The number of ether oxygens (including phenoxy) is 1. The van der Waals surface area contributed by atoms with Gasteiger partial charge in [0.1, 0.15) is 0 Å². The number of carbonyl (C=O) groups excluding carboxylic acids is 3. The second-order valence-corrected chi connectivity index (χ2v) is 8.46. The standard InChI is InChI=1S/C17H24N2O6S/c1-12(20)13-6-5-7-14(10-13)26(23,24)18-9-8-16(22)25-11-15(21)19-17(2,3)4/h5-7,10,18H,8-9,11H2,1-4H3,(H,19,21). The molecule has 8 nitrogen and oxygen atoms in total. The number of hydrogen-bond donors (Lipinski definition) is 2. The maximum absolute atomic E-state index is 12.2. The van der Waals surface area contributed by atoms with Gasteiger partial charge < -0.3 is 10.1 Å². The Balaban J connectivity index is 2.49. The van der Waals surface area contributed by atoms with Crippen LogP contribution in [-0.4, -0.2) is 44.8 Å². The lowest BCUT2D eigenvalue weighted by atomic mass is 10.1. The van der Waals surface area contributed by atoms with Gasteiger partial charge in [-0.15, -0.1) is 0 Å². The summed E-state index contributed by atoms with van der Waals surface area (Å²) in [7, 11) is -3.86. The van der Waals surface area contributed by atoms with Gasteiger partial charge in [0.2, 0.25) is 10.0 Å². The fourth-order valence-corrected chi connectivity index (χ4v) is 3.00. The van der Waals surface area contributed by atoms with Gasteiger partial charge in [-0.2, -0.15) is 0 Å². The maximum atomic E-state index is 12.2. The molecule has 9 heteroatoms. The summed E-state index contributed by atoms with van der Waals surface area (Å²) >= 11 is 0. The zero-order chi connectivity index (χ0) is 20.0. The number of sulfonamides is 1. The van der Waals surface area contributed by atoms with E-state index < -0.39 is 34.0 Å². The lowest BCUT2D eigenvalue weighted by molar-refractivity contribution is -0.148. The van der Waals surface area contributed by atoms with Crippen LogP contribution in [-0.2, 0) is 24.3 Å². The van der Waals surface area contributed by atoms with Crippen LogP contribution in [0.5, 0.6) is 0 Å². The molecule has 0 spiro atoms. The molecule has 0 aromatic heterocycles. The second-order valence-electron chi connectivity index (χ2n) is 6.69. The van der Waals surface area contributed by atoms with Crippen LogP contribution < -0.4 is 10.0 Å². The average molecular weight is 384 g/mol. The fraction of sp³-hybridized carbons (Fsp3) is 0.471. The van der Waals surface area contributed by atoms with Gasteiger partial charge in [0.15, 0.2) is 12.4 Å². The van der Waals surface area contributed by atoms with Crippen molar-refractivity contribution in [2.45, 2.75) is 44.6 Å². The highest BCUT2D eigenvalue weighted by molar-refractivity contribution is 7.89. The van der Waals surface area contributed by atoms with E-state index in [-0.39, 0.29) is 29.2 Å². The number of Topliss-reactive ketones (excluding diaryl/α,β-unsaturated/α-hetero) is 1. The van der Waals surface area contributed by atoms with Crippen LogP contribution in [0.2, 0.25) is 0 Å². The predicted molar refractivity (Wildman–Crippen MR) is 95.1 cm³/mol. The van der Waals surface area contributed by atoms with Crippen LogP contribution in [0.4, 0.5) is 0 Å². The van der Waals surface area contributed by atoms with Crippen LogP contribution in [0, 0.1) is 0 Å². The van der Waals surface area contributed by atoms with E-state index in [1.165, 1.54) is 31.2 Å². The number of benzene rings is 1. The van der Waals surface area contributed by atoms with E-state index in [9.17, 15) is 22.8 Å². The van der Waals surface area contributed by atoms with Crippen molar-refractivity contribution in [2.75, 3.05) is 13.2 Å². The van der Waals surface area contributed by atoms with E-state index in [4.69, 9.17) is 4.74 Å². The first-order chi connectivity index (χ1) is 11.9. The summed E-state index contributed by atoms with van der Waals surface area (Å²) in [6, 6.07) is 5.60. The third-order valence-electron chi connectivity index (χ3n) is 3.05. The monoisotopic (exact) mass is 384 g/mol. The molecule has 26 heavy (non-hydrogen) atoms. The zero-order valence-electron chi connectivity index (χ0n) is 15.3. The normalized spacial score (nSPS) is 11.7. The van der Waals surface area contributed by atoms with Gasteiger partial charge >= 0.3 is 5.97 Å². The second kappa shape index (κ2) is 8.91. The molecular weight excluding hydrogens is 360 g/mol. The Morgan fingerprint density at radius 3 is 2.38 bits per heavy atom. The molecule has 2 N–H and O–H groups in total. The van der Waals surface area contributed by atoms with Gasteiger partial charge in [0.25, 0.3) is 5.91 Å². The van der Waals surface area contributed by atoms with Crippen molar-refractivity contribution < 1.29 is 27.5 Å². The molecule has 0 aliphatic carbocycles. The highest BCUT2D eigenvalue weighted by atomic mass is 32.2.